The molecule has 1 aromatic rings. The Morgan fingerprint density at radius 2 is 2.23 bits per heavy atom. The van der Waals surface area contributed by atoms with Gasteiger partial charge in [0.25, 0.3) is 0 Å². The van der Waals surface area contributed by atoms with Gasteiger partial charge in [0.15, 0.2) is 0 Å². The lowest BCUT2D eigenvalue weighted by Crippen LogP contribution is -1.96. The standard InChI is InChI=1S/C6H4Cl2N2O3/c1-13-5-3(7)2-9-6(8)4(5)10(11)12/h2H,1H3. The average Bonchev–Trinajstić information content (AvgIpc) is 2.07. The first-order valence-electron chi connectivity index (χ1n) is 3.10. The molecule has 1 aromatic heterocycles. The monoisotopic (exact) mass is 222 g/mol. The molecule has 13 heavy (non-hydrogen) atoms. The maximum atomic E-state index is 10.5. The zero-order valence-corrected chi connectivity index (χ0v) is 7.96. The van der Waals surface area contributed by atoms with Crippen molar-refractivity contribution < 1.29 is 9.66 Å². The van der Waals surface area contributed by atoms with Crippen molar-refractivity contribution in [2.24, 2.45) is 0 Å². The molecular formula is C6H4Cl2N2O3. The fraction of sp³-hybridized carbons (Fsp3) is 0.167. The van der Waals surface area contributed by atoms with E-state index in [9.17, 15) is 10.1 Å². The number of rotatable bonds is 2. The van der Waals surface area contributed by atoms with E-state index < -0.39 is 10.6 Å². The highest BCUT2D eigenvalue weighted by atomic mass is 35.5. The molecular weight excluding hydrogens is 219 g/mol. The fourth-order valence-corrected chi connectivity index (χ4v) is 1.21. The minimum atomic E-state index is -0.694. The van der Waals surface area contributed by atoms with Crippen molar-refractivity contribution in [1.29, 1.82) is 0 Å². The minimum absolute atomic E-state index is 0.0543. The molecule has 0 fully saturated rings. The van der Waals surface area contributed by atoms with Crippen LogP contribution in [0.1, 0.15) is 0 Å². The molecule has 0 N–H and O–H groups in total. The van der Waals surface area contributed by atoms with Gasteiger partial charge in [-0.2, -0.15) is 0 Å². The predicted octanol–water partition coefficient (Wildman–Crippen LogP) is 2.31. The number of hydrogen-bond donors (Lipinski definition) is 0. The van der Waals surface area contributed by atoms with Crippen LogP contribution in [0.15, 0.2) is 6.20 Å². The van der Waals surface area contributed by atoms with Gasteiger partial charge in [0, 0.05) is 0 Å². The lowest BCUT2D eigenvalue weighted by Gasteiger charge is -2.03. The normalized spacial score (nSPS) is 9.77. The number of methoxy groups -OCH3 is 1. The number of ether oxygens (including phenoxy) is 1. The first-order valence-corrected chi connectivity index (χ1v) is 3.86. The van der Waals surface area contributed by atoms with E-state index in [1.165, 1.54) is 13.3 Å². The van der Waals surface area contributed by atoms with Gasteiger partial charge in [0.1, 0.15) is 5.02 Å². The second kappa shape index (κ2) is 3.76. The Kier molecular flexibility index (Phi) is 2.90. The summed E-state index contributed by atoms with van der Waals surface area (Å²) < 4.78 is 4.72. The maximum absolute atomic E-state index is 10.5. The summed E-state index contributed by atoms with van der Waals surface area (Å²) in [5.74, 6) is -0.0772. The second-order valence-corrected chi connectivity index (χ2v) is 2.80. The van der Waals surface area contributed by atoms with E-state index in [4.69, 9.17) is 27.9 Å². The molecule has 7 heteroatoms. The molecule has 1 heterocycles. The Morgan fingerprint density at radius 3 is 2.62 bits per heavy atom. The van der Waals surface area contributed by atoms with Gasteiger partial charge in [-0.05, 0) is 0 Å². The van der Waals surface area contributed by atoms with Crippen LogP contribution in [0.2, 0.25) is 10.2 Å². The molecule has 0 spiro atoms. The summed E-state index contributed by atoms with van der Waals surface area (Å²) in [5.41, 5.74) is -0.420. The van der Waals surface area contributed by atoms with Gasteiger partial charge in [-0.3, -0.25) is 10.1 Å². The quantitative estimate of drug-likeness (QED) is 0.438. The third kappa shape index (κ3) is 1.81. The van der Waals surface area contributed by atoms with Crippen molar-refractivity contribution in [2.45, 2.75) is 0 Å². The number of aromatic nitrogens is 1. The topological polar surface area (TPSA) is 65.3 Å². The lowest BCUT2D eigenvalue weighted by molar-refractivity contribution is -0.385. The van der Waals surface area contributed by atoms with E-state index in [1.807, 2.05) is 0 Å². The van der Waals surface area contributed by atoms with Gasteiger partial charge >= 0.3 is 5.69 Å². The van der Waals surface area contributed by atoms with Crippen LogP contribution >= 0.6 is 23.2 Å². The van der Waals surface area contributed by atoms with Crippen molar-refractivity contribution >= 4 is 28.9 Å². The highest BCUT2D eigenvalue weighted by Gasteiger charge is 2.23. The fourth-order valence-electron chi connectivity index (χ4n) is 0.792. The van der Waals surface area contributed by atoms with E-state index >= 15 is 0 Å². The van der Waals surface area contributed by atoms with Gasteiger partial charge in [-0.15, -0.1) is 0 Å². The van der Waals surface area contributed by atoms with Gasteiger partial charge in [0.05, 0.1) is 18.2 Å². The SMILES string of the molecule is COc1c(Cl)cnc(Cl)c1[N+](=O)[O-]. The number of halogens is 2. The second-order valence-electron chi connectivity index (χ2n) is 2.04. The number of nitro groups is 1. The molecule has 0 aliphatic carbocycles. The maximum Gasteiger partial charge on any atom is 0.349 e. The summed E-state index contributed by atoms with van der Waals surface area (Å²) in [6.45, 7) is 0. The molecule has 0 aliphatic heterocycles. The van der Waals surface area contributed by atoms with Crippen LogP contribution in [0.25, 0.3) is 0 Å². The molecule has 1 rings (SSSR count). The number of pyridine rings is 1. The van der Waals surface area contributed by atoms with Crippen molar-refractivity contribution in [3.63, 3.8) is 0 Å². The van der Waals surface area contributed by atoms with E-state index in [0.717, 1.165) is 0 Å². The van der Waals surface area contributed by atoms with Crippen LogP contribution in [0, 0.1) is 10.1 Å². The molecule has 0 saturated heterocycles. The third-order valence-electron chi connectivity index (χ3n) is 1.31. The summed E-state index contributed by atoms with van der Waals surface area (Å²) in [4.78, 5) is 13.3. The van der Waals surface area contributed by atoms with E-state index in [2.05, 4.69) is 4.98 Å². The van der Waals surface area contributed by atoms with Gasteiger partial charge in [-0.25, -0.2) is 4.98 Å². The number of hydrogen-bond acceptors (Lipinski definition) is 4. The van der Waals surface area contributed by atoms with Crippen molar-refractivity contribution in [3.05, 3.63) is 26.5 Å². The number of nitrogens with zero attached hydrogens (tertiary/aromatic N) is 2. The lowest BCUT2D eigenvalue weighted by atomic mass is 10.4. The molecule has 5 nitrogen and oxygen atoms in total. The largest absolute Gasteiger partial charge is 0.489 e. The molecule has 0 aliphatic rings. The smallest absolute Gasteiger partial charge is 0.349 e. The van der Waals surface area contributed by atoms with Crippen molar-refractivity contribution in [3.8, 4) is 5.75 Å². The van der Waals surface area contributed by atoms with Crippen LogP contribution in [0.3, 0.4) is 0 Å². The van der Waals surface area contributed by atoms with Crippen molar-refractivity contribution in [2.75, 3.05) is 7.11 Å². The summed E-state index contributed by atoms with van der Waals surface area (Å²) in [6.07, 6.45) is 1.19. The zero-order valence-electron chi connectivity index (χ0n) is 6.45. The first-order chi connectivity index (χ1) is 6.07. The summed E-state index contributed by atoms with van der Waals surface area (Å²) in [6, 6.07) is 0. The molecule has 0 amide bonds. The highest BCUT2D eigenvalue weighted by Crippen LogP contribution is 2.37. The first kappa shape index (κ1) is 10.0. The molecule has 0 radical (unpaired) electrons. The van der Waals surface area contributed by atoms with Crippen LogP contribution < -0.4 is 4.74 Å². The summed E-state index contributed by atoms with van der Waals surface area (Å²) in [7, 11) is 1.27. The van der Waals surface area contributed by atoms with Gasteiger partial charge in [0.2, 0.25) is 10.9 Å². The third-order valence-corrected chi connectivity index (χ3v) is 1.85. The molecule has 70 valence electrons. The molecule has 0 unspecified atom stereocenters. The van der Waals surface area contributed by atoms with E-state index in [0.29, 0.717) is 0 Å². The Hall–Kier alpha value is -1.07. The van der Waals surface area contributed by atoms with Crippen LogP contribution in [-0.4, -0.2) is 17.0 Å². The summed E-state index contributed by atoms with van der Waals surface area (Å²) in [5, 5.41) is 10.3. The zero-order chi connectivity index (χ0) is 10.0. The Balaban J connectivity index is 3.43. The molecule has 0 aromatic carbocycles. The Morgan fingerprint density at radius 1 is 1.62 bits per heavy atom. The Labute approximate surface area is 83.4 Å². The Bertz CT molecular complexity index is 356. The highest BCUT2D eigenvalue weighted by molar-refractivity contribution is 6.35. The molecule has 0 saturated carbocycles. The van der Waals surface area contributed by atoms with Crippen molar-refractivity contribution in [1.82, 2.24) is 4.98 Å². The van der Waals surface area contributed by atoms with E-state index in [-0.39, 0.29) is 15.9 Å². The van der Waals surface area contributed by atoms with Crippen LogP contribution in [0.5, 0.6) is 5.75 Å². The van der Waals surface area contributed by atoms with Crippen LogP contribution in [0.4, 0.5) is 5.69 Å². The van der Waals surface area contributed by atoms with Gasteiger partial charge in [-0.1, -0.05) is 23.2 Å². The predicted molar refractivity (Wildman–Crippen MR) is 47.5 cm³/mol. The van der Waals surface area contributed by atoms with Crippen LogP contribution in [-0.2, 0) is 0 Å². The van der Waals surface area contributed by atoms with Gasteiger partial charge < -0.3 is 4.74 Å². The molecule has 0 bridgehead atoms. The minimum Gasteiger partial charge on any atom is -0.489 e. The molecule has 0 atom stereocenters. The van der Waals surface area contributed by atoms with E-state index in [1.54, 1.807) is 0 Å². The summed E-state index contributed by atoms with van der Waals surface area (Å²) >= 11 is 11.1. The average molecular weight is 223 g/mol.